The van der Waals surface area contributed by atoms with Gasteiger partial charge in [-0.05, 0) is 30.7 Å². The molecule has 4 nitrogen and oxygen atoms in total. The molecule has 0 radical (unpaired) electrons. The number of hydrogen-bond donors (Lipinski definition) is 1. The molecule has 82 valence electrons. The smallest absolute Gasteiger partial charge is 0.233 e. The highest BCUT2D eigenvalue weighted by molar-refractivity contribution is 7.93. The average Bonchev–Trinajstić information content (AvgIpc) is 2.17. The van der Waals surface area contributed by atoms with E-state index in [0.717, 1.165) is 11.3 Å². The number of benzene rings is 1. The summed E-state index contributed by atoms with van der Waals surface area (Å²) in [6.07, 6.45) is 1.51. The van der Waals surface area contributed by atoms with Crippen molar-refractivity contribution in [3.8, 4) is 5.75 Å². The Balaban J connectivity index is 3.00. The molecular formula is C10H13NO3S. The van der Waals surface area contributed by atoms with E-state index in [1.807, 2.05) is 0 Å². The zero-order chi connectivity index (χ0) is 11.5. The largest absolute Gasteiger partial charge is 0.497 e. The van der Waals surface area contributed by atoms with E-state index in [1.54, 1.807) is 31.4 Å². The standard InChI is InChI=1S/C10H13NO3S/c1-8(15(11,12)13)7-9-3-5-10(14-2)6-4-9/h3-7H,1-2H3,(H2,11,12,13)/b8-7+. The van der Waals surface area contributed by atoms with Crippen molar-refractivity contribution in [1.82, 2.24) is 0 Å². The van der Waals surface area contributed by atoms with Gasteiger partial charge in [0, 0.05) is 0 Å². The van der Waals surface area contributed by atoms with Crippen LogP contribution in [0.5, 0.6) is 5.75 Å². The topological polar surface area (TPSA) is 69.4 Å². The molecule has 0 aromatic heterocycles. The van der Waals surface area contributed by atoms with E-state index in [-0.39, 0.29) is 4.91 Å². The lowest BCUT2D eigenvalue weighted by atomic mass is 10.2. The van der Waals surface area contributed by atoms with Crippen LogP contribution in [-0.2, 0) is 10.0 Å². The van der Waals surface area contributed by atoms with Crippen LogP contribution in [0.15, 0.2) is 29.2 Å². The molecule has 1 aromatic carbocycles. The summed E-state index contributed by atoms with van der Waals surface area (Å²) in [6.45, 7) is 1.46. The molecule has 0 aliphatic carbocycles. The van der Waals surface area contributed by atoms with Gasteiger partial charge in [-0.1, -0.05) is 12.1 Å². The van der Waals surface area contributed by atoms with Gasteiger partial charge in [0.2, 0.25) is 10.0 Å². The summed E-state index contributed by atoms with van der Waals surface area (Å²) in [6, 6.07) is 7.02. The Kier molecular flexibility index (Phi) is 3.49. The third-order valence-corrected chi connectivity index (χ3v) is 2.95. The van der Waals surface area contributed by atoms with Gasteiger partial charge in [-0.2, -0.15) is 0 Å². The van der Waals surface area contributed by atoms with Crippen molar-refractivity contribution in [1.29, 1.82) is 0 Å². The SMILES string of the molecule is COc1ccc(/C=C(\C)S(N)(=O)=O)cc1. The Morgan fingerprint density at radius 3 is 2.27 bits per heavy atom. The molecule has 5 heteroatoms. The first-order chi connectivity index (χ1) is 6.93. The summed E-state index contributed by atoms with van der Waals surface area (Å²) < 4.78 is 26.9. The van der Waals surface area contributed by atoms with Crippen LogP contribution in [0.2, 0.25) is 0 Å². The van der Waals surface area contributed by atoms with E-state index < -0.39 is 10.0 Å². The van der Waals surface area contributed by atoms with Crippen molar-refractivity contribution in [2.24, 2.45) is 5.14 Å². The van der Waals surface area contributed by atoms with E-state index >= 15 is 0 Å². The second-order valence-electron chi connectivity index (χ2n) is 3.07. The monoisotopic (exact) mass is 227 g/mol. The third kappa shape index (κ3) is 3.38. The van der Waals surface area contributed by atoms with Crippen LogP contribution in [0, 0.1) is 0 Å². The van der Waals surface area contributed by atoms with Crippen LogP contribution in [0.4, 0.5) is 0 Å². The number of ether oxygens (including phenoxy) is 1. The number of primary sulfonamides is 1. The first kappa shape index (κ1) is 11.7. The van der Waals surface area contributed by atoms with Gasteiger partial charge < -0.3 is 4.74 Å². The molecule has 2 N–H and O–H groups in total. The fourth-order valence-corrected chi connectivity index (χ4v) is 1.32. The lowest BCUT2D eigenvalue weighted by Gasteiger charge is -2.00. The average molecular weight is 227 g/mol. The fraction of sp³-hybridized carbons (Fsp3) is 0.200. The van der Waals surface area contributed by atoms with E-state index in [2.05, 4.69) is 0 Å². The van der Waals surface area contributed by atoms with Crippen LogP contribution >= 0.6 is 0 Å². The Hall–Kier alpha value is -1.33. The minimum Gasteiger partial charge on any atom is -0.497 e. The molecule has 0 unspecified atom stereocenters. The molecular weight excluding hydrogens is 214 g/mol. The highest BCUT2D eigenvalue weighted by Crippen LogP contribution is 2.14. The number of rotatable bonds is 3. The van der Waals surface area contributed by atoms with Crippen LogP contribution in [0.3, 0.4) is 0 Å². The normalized spacial score (nSPS) is 12.6. The summed E-state index contributed by atoms with van der Waals surface area (Å²) in [5.41, 5.74) is 0.766. The Labute approximate surface area is 89.4 Å². The van der Waals surface area contributed by atoms with Crippen LogP contribution < -0.4 is 9.88 Å². The van der Waals surface area contributed by atoms with Gasteiger partial charge in [-0.15, -0.1) is 0 Å². The maximum Gasteiger partial charge on any atom is 0.233 e. The first-order valence-electron chi connectivity index (χ1n) is 4.28. The molecule has 0 spiro atoms. The van der Waals surface area contributed by atoms with Gasteiger partial charge in [0.05, 0.1) is 12.0 Å². The summed E-state index contributed by atoms with van der Waals surface area (Å²) in [5.74, 6) is 0.723. The van der Waals surface area contributed by atoms with Gasteiger partial charge >= 0.3 is 0 Å². The van der Waals surface area contributed by atoms with Crippen LogP contribution in [0.25, 0.3) is 6.08 Å². The molecule has 1 aromatic rings. The van der Waals surface area contributed by atoms with Gasteiger partial charge in [-0.25, -0.2) is 13.6 Å². The van der Waals surface area contributed by atoms with Crippen molar-refractivity contribution in [2.45, 2.75) is 6.92 Å². The third-order valence-electron chi connectivity index (χ3n) is 1.93. The predicted molar refractivity (Wildman–Crippen MR) is 59.8 cm³/mol. The van der Waals surface area contributed by atoms with Crippen molar-refractivity contribution >= 4 is 16.1 Å². The zero-order valence-electron chi connectivity index (χ0n) is 8.60. The lowest BCUT2D eigenvalue weighted by Crippen LogP contribution is -2.12. The predicted octanol–water partition coefficient (Wildman–Crippen LogP) is 1.34. The summed E-state index contributed by atoms with van der Waals surface area (Å²) in [4.78, 5) is 0.132. The van der Waals surface area contributed by atoms with Gasteiger partial charge in [0.25, 0.3) is 0 Å². The number of hydrogen-bond acceptors (Lipinski definition) is 3. The number of sulfonamides is 1. The molecule has 0 bridgehead atoms. The maximum absolute atomic E-state index is 10.9. The second-order valence-corrected chi connectivity index (χ2v) is 4.81. The molecule has 15 heavy (non-hydrogen) atoms. The number of allylic oxidation sites excluding steroid dienone is 1. The molecule has 0 atom stereocenters. The fourth-order valence-electron chi connectivity index (χ4n) is 1.02. The summed E-state index contributed by atoms with van der Waals surface area (Å²) >= 11 is 0. The molecule has 0 aliphatic rings. The van der Waals surface area contributed by atoms with Gasteiger partial charge in [0.1, 0.15) is 5.75 Å². The summed E-state index contributed by atoms with van der Waals surface area (Å²) in [5, 5.41) is 4.96. The molecule has 0 heterocycles. The summed E-state index contributed by atoms with van der Waals surface area (Å²) in [7, 11) is -2.02. The molecule has 0 amide bonds. The van der Waals surface area contributed by atoms with Crippen LogP contribution in [-0.4, -0.2) is 15.5 Å². The zero-order valence-corrected chi connectivity index (χ0v) is 9.41. The quantitative estimate of drug-likeness (QED) is 0.847. The highest BCUT2D eigenvalue weighted by Gasteiger charge is 2.05. The highest BCUT2D eigenvalue weighted by atomic mass is 32.2. The molecule has 0 fully saturated rings. The first-order valence-corrected chi connectivity index (χ1v) is 5.83. The van der Waals surface area contributed by atoms with Crippen LogP contribution in [0.1, 0.15) is 12.5 Å². The molecule has 0 saturated heterocycles. The van der Waals surface area contributed by atoms with E-state index in [9.17, 15) is 8.42 Å². The van der Waals surface area contributed by atoms with E-state index in [4.69, 9.17) is 9.88 Å². The van der Waals surface area contributed by atoms with Crippen molar-refractivity contribution in [3.63, 3.8) is 0 Å². The number of methoxy groups -OCH3 is 1. The van der Waals surface area contributed by atoms with Gasteiger partial charge in [-0.3, -0.25) is 0 Å². The molecule has 0 saturated carbocycles. The maximum atomic E-state index is 10.9. The van der Waals surface area contributed by atoms with Crippen molar-refractivity contribution < 1.29 is 13.2 Å². The second kappa shape index (κ2) is 4.46. The van der Waals surface area contributed by atoms with Gasteiger partial charge in [0.15, 0.2) is 0 Å². The van der Waals surface area contributed by atoms with Crippen molar-refractivity contribution in [2.75, 3.05) is 7.11 Å². The molecule has 1 rings (SSSR count). The minimum atomic E-state index is -3.59. The van der Waals surface area contributed by atoms with E-state index in [1.165, 1.54) is 13.0 Å². The Morgan fingerprint density at radius 2 is 1.87 bits per heavy atom. The minimum absolute atomic E-state index is 0.132. The Bertz CT molecular complexity index is 460. The van der Waals surface area contributed by atoms with E-state index in [0.29, 0.717) is 0 Å². The number of nitrogens with two attached hydrogens (primary N) is 1. The lowest BCUT2D eigenvalue weighted by molar-refractivity contribution is 0.415. The Morgan fingerprint density at radius 1 is 1.33 bits per heavy atom. The molecule has 0 aliphatic heterocycles. The van der Waals surface area contributed by atoms with Crippen molar-refractivity contribution in [3.05, 3.63) is 34.7 Å².